The molecule has 1 heterocycles. The van der Waals surface area contributed by atoms with Crippen LogP contribution in [0.25, 0.3) is 0 Å². The molecule has 0 aliphatic carbocycles. The molecule has 0 spiro atoms. The van der Waals surface area contributed by atoms with Crippen LogP contribution in [0.4, 0.5) is 5.69 Å². The summed E-state index contributed by atoms with van der Waals surface area (Å²) in [5, 5.41) is 1.56. The summed E-state index contributed by atoms with van der Waals surface area (Å²) in [5.41, 5.74) is 0.861. The third-order valence-electron chi connectivity index (χ3n) is 2.66. The van der Waals surface area contributed by atoms with Crippen LogP contribution in [-0.2, 0) is 9.84 Å². The molecule has 0 saturated carbocycles. The summed E-state index contributed by atoms with van der Waals surface area (Å²) in [7, 11) is -2.87. The average molecular weight is 226 g/mol. The summed E-state index contributed by atoms with van der Waals surface area (Å²) >= 11 is 0. The van der Waals surface area contributed by atoms with Crippen molar-refractivity contribution in [3.63, 3.8) is 0 Å². The maximum atomic E-state index is 11.3. The fourth-order valence-corrected chi connectivity index (χ4v) is 3.52. The predicted octanol–water partition coefficient (Wildman–Crippen LogP) is 0.554. The van der Waals surface area contributed by atoms with Crippen molar-refractivity contribution < 1.29 is 8.42 Å². The van der Waals surface area contributed by atoms with Gasteiger partial charge in [-0.1, -0.05) is 18.2 Å². The van der Waals surface area contributed by atoms with E-state index in [1.165, 1.54) is 0 Å². The number of hydrazine groups is 1. The minimum Gasteiger partial charge on any atom is -0.307 e. The second-order valence-electron chi connectivity index (χ2n) is 3.80. The second kappa shape index (κ2) is 3.83. The number of sulfone groups is 1. The lowest BCUT2D eigenvalue weighted by molar-refractivity contribution is 0.600. The van der Waals surface area contributed by atoms with Crippen LogP contribution in [0, 0.1) is 0 Å². The van der Waals surface area contributed by atoms with E-state index in [9.17, 15) is 8.42 Å². The molecule has 82 valence electrons. The molecule has 1 fully saturated rings. The molecule has 4 nitrogen and oxygen atoms in total. The third kappa shape index (κ3) is 2.30. The summed E-state index contributed by atoms with van der Waals surface area (Å²) in [4.78, 5) is 0. The van der Waals surface area contributed by atoms with Crippen LogP contribution in [-0.4, -0.2) is 26.0 Å². The molecule has 1 aromatic rings. The summed E-state index contributed by atoms with van der Waals surface area (Å²) in [6.07, 6.45) is 0.619. The van der Waals surface area contributed by atoms with Gasteiger partial charge in [-0.3, -0.25) is 0 Å². The first-order valence-electron chi connectivity index (χ1n) is 4.88. The van der Waals surface area contributed by atoms with Gasteiger partial charge in [-0.15, -0.1) is 0 Å². The molecule has 0 amide bonds. The average Bonchev–Trinajstić information content (AvgIpc) is 2.59. The molecule has 1 saturated heterocycles. The van der Waals surface area contributed by atoms with Crippen molar-refractivity contribution >= 4 is 15.5 Å². The summed E-state index contributed by atoms with van der Waals surface area (Å²) in [6.45, 7) is 0. The predicted molar refractivity (Wildman–Crippen MR) is 60.2 cm³/mol. The standard InChI is InChI=1S/C10H14N2O2S/c11-12(9-4-2-1-3-5-9)10-6-7-15(13,14)8-10/h1-5,10H,6-8,11H2/t10-/m0/s1. The molecule has 2 rings (SSSR count). The van der Waals surface area contributed by atoms with Crippen LogP contribution < -0.4 is 10.9 Å². The second-order valence-corrected chi connectivity index (χ2v) is 6.03. The zero-order valence-corrected chi connectivity index (χ0v) is 9.15. The number of nitrogens with two attached hydrogens (primary N) is 1. The van der Waals surface area contributed by atoms with Crippen LogP contribution in [0.15, 0.2) is 30.3 Å². The highest BCUT2D eigenvalue weighted by molar-refractivity contribution is 7.91. The lowest BCUT2D eigenvalue weighted by atomic mass is 10.2. The highest BCUT2D eigenvalue weighted by atomic mass is 32.2. The van der Waals surface area contributed by atoms with Crippen LogP contribution in [0.5, 0.6) is 0 Å². The van der Waals surface area contributed by atoms with E-state index < -0.39 is 9.84 Å². The van der Waals surface area contributed by atoms with Crippen molar-refractivity contribution in [2.45, 2.75) is 12.5 Å². The van der Waals surface area contributed by atoms with E-state index in [0.717, 1.165) is 5.69 Å². The van der Waals surface area contributed by atoms with Crippen molar-refractivity contribution in [2.24, 2.45) is 5.84 Å². The van der Waals surface area contributed by atoms with Crippen molar-refractivity contribution in [1.29, 1.82) is 0 Å². The van der Waals surface area contributed by atoms with Gasteiger partial charge >= 0.3 is 0 Å². The third-order valence-corrected chi connectivity index (χ3v) is 4.41. The number of anilines is 1. The van der Waals surface area contributed by atoms with E-state index >= 15 is 0 Å². The number of benzene rings is 1. The highest BCUT2D eigenvalue weighted by Gasteiger charge is 2.31. The van der Waals surface area contributed by atoms with E-state index in [-0.39, 0.29) is 17.5 Å². The van der Waals surface area contributed by atoms with Crippen molar-refractivity contribution in [1.82, 2.24) is 0 Å². The molecular weight excluding hydrogens is 212 g/mol. The number of hydrogen-bond acceptors (Lipinski definition) is 4. The van der Waals surface area contributed by atoms with Gasteiger partial charge in [0.05, 0.1) is 23.2 Å². The van der Waals surface area contributed by atoms with Crippen LogP contribution >= 0.6 is 0 Å². The summed E-state index contributed by atoms with van der Waals surface area (Å²) in [5.74, 6) is 6.30. The monoisotopic (exact) mass is 226 g/mol. The van der Waals surface area contributed by atoms with Crippen LogP contribution in [0.2, 0.25) is 0 Å². The van der Waals surface area contributed by atoms with Crippen molar-refractivity contribution in [2.75, 3.05) is 16.5 Å². The zero-order valence-electron chi connectivity index (χ0n) is 8.33. The van der Waals surface area contributed by atoms with Gasteiger partial charge in [0.1, 0.15) is 0 Å². The summed E-state index contributed by atoms with van der Waals surface area (Å²) in [6, 6.07) is 9.35. The van der Waals surface area contributed by atoms with Gasteiger partial charge in [-0.05, 0) is 18.6 Å². The fourth-order valence-electron chi connectivity index (χ4n) is 1.81. The molecule has 0 aromatic heterocycles. The Morgan fingerprint density at radius 1 is 1.27 bits per heavy atom. The first kappa shape index (κ1) is 10.4. The Morgan fingerprint density at radius 3 is 2.47 bits per heavy atom. The molecule has 1 atom stereocenters. The van der Waals surface area contributed by atoms with E-state index in [1.54, 1.807) is 5.01 Å². The Balaban J connectivity index is 2.14. The lowest BCUT2D eigenvalue weighted by Gasteiger charge is -2.24. The number of hydrogen-bond donors (Lipinski definition) is 1. The van der Waals surface area contributed by atoms with Gasteiger partial charge in [-0.2, -0.15) is 0 Å². The van der Waals surface area contributed by atoms with E-state index in [4.69, 9.17) is 5.84 Å². The Labute approximate surface area is 89.6 Å². The molecule has 15 heavy (non-hydrogen) atoms. The maximum absolute atomic E-state index is 11.3. The normalized spacial score (nSPS) is 23.9. The maximum Gasteiger partial charge on any atom is 0.152 e. The van der Waals surface area contributed by atoms with Gasteiger partial charge in [0.15, 0.2) is 9.84 Å². The van der Waals surface area contributed by atoms with Crippen molar-refractivity contribution in [3.8, 4) is 0 Å². The van der Waals surface area contributed by atoms with Gasteiger partial charge in [-0.25, -0.2) is 14.3 Å². The molecule has 2 N–H and O–H groups in total. The van der Waals surface area contributed by atoms with Crippen LogP contribution in [0.1, 0.15) is 6.42 Å². The number of rotatable bonds is 2. The molecule has 1 aliphatic heterocycles. The molecular formula is C10H14N2O2S. The SMILES string of the molecule is NN(c1ccccc1)[C@H]1CCS(=O)(=O)C1. The first-order chi connectivity index (χ1) is 7.08. The highest BCUT2D eigenvalue weighted by Crippen LogP contribution is 2.20. The van der Waals surface area contributed by atoms with E-state index in [1.807, 2.05) is 30.3 Å². The zero-order chi connectivity index (χ0) is 10.9. The minimum absolute atomic E-state index is 0.0857. The minimum atomic E-state index is -2.87. The van der Waals surface area contributed by atoms with Crippen LogP contribution in [0.3, 0.4) is 0 Å². The van der Waals surface area contributed by atoms with Crippen molar-refractivity contribution in [3.05, 3.63) is 30.3 Å². The quantitative estimate of drug-likeness (QED) is 0.591. The van der Waals surface area contributed by atoms with Gasteiger partial charge < -0.3 is 5.01 Å². The number of nitrogens with zero attached hydrogens (tertiary/aromatic N) is 1. The molecule has 5 heteroatoms. The first-order valence-corrected chi connectivity index (χ1v) is 6.70. The molecule has 0 radical (unpaired) electrons. The smallest absolute Gasteiger partial charge is 0.152 e. The summed E-state index contributed by atoms with van der Waals surface area (Å²) < 4.78 is 22.6. The Bertz CT molecular complexity index is 430. The van der Waals surface area contributed by atoms with Gasteiger partial charge in [0.25, 0.3) is 0 Å². The van der Waals surface area contributed by atoms with Gasteiger partial charge in [0.2, 0.25) is 0 Å². The Morgan fingerprint density at radius 2 is 1.93 bits per heavy atom. The fraction of sp³-hybridized carbons (Fsp3) is 0.400. The largest absolute Gasteiger partial charge is 0.307 e. The molecule has 1 aliphatic rings. The topological polar surface area (TPSA) is 63.4 Å². The molecule has 1 aromatic carbocycles. The Kier molecular flexibility index (Phi) is 2.67. The Hall–Kier alpha value is -1.07. The molecule has 0 unspecified atom stereocenters. The van der Waals surface area contributed by atoms with E-state index in [0.29, 0.717) is 6.42 Å². The molecule has 0 bridgehead atoms. The number of para-hydroxylation sites is 1. The van der Waals surface area contributed by atoms with Gasteiger partial charge in [0, 0.05) is 0 Å². The lowest BCUT2D eigenvalue weighted by Crippen LogP contribution is -2.41. The van der Waals surface area contributed by atoms with E-state index in [2.05, 4.69) is 0 Å².